The molecule has 1 saturated carbocycles. The fraction of sp³-hybridized carbons (Fsp3) is 0.316. The molecule has 0 spiro atoms. The van der Waals surface area contributed by atoms with Gasteiger partial charge in [-0.2, -0.15) is 0 Å². The summed E-state index contributed by atoms with van der Waals surface area (Å²) in [7, 11) is 2.00. The molecule has 128 valence electrons. The largest absolute Gasteiger partial charge is 0.325 e. The SMILES string of the molecule is CN(CC(=O)Nc1ccc(Cc2nnc3ccccn23)cc1)C1CC1. The van der Waals surface area contributed by atoms with Crippen molar-refractivity contribution in [3.05, 3.63) is 60.0 Å². The number of hydrogen-bond acceptors (Lipinski definition) is 4. The van der Waals surface area contributed by atoms with Crippen molar-refractivity contribution >= 4 is 17.2 Å². The van der Waals surface area contributed by atoms with Gasteiger partial charge in [-0.05, 0) is 49.7 Å². The number of carbonyl (C=O) groups excluding carboxylic acids is 1. The van der Waals surface area contributed by atoms with E-state index in [9.17, 15) is 4.79 Å². The van der Waals surface area contributed by atoms with Crippen LogP contribution in [0.4, 0.5) is 5.69 Å². The Morgan fingerprint density at radius 3 is 2.76 bits per heavy atom. The number of benzene rings is 1. The summed E-state index contributed by atoms with van der Waals surface area (Å²) in [6.07, 6.45) is 5.07. The highest BCUT2D eigenvalue weighted by Gasteiger charge is 2.27. The minimum Gasteiger partial charge on any atom is -0.325 e. The van der Waals surface area contributed by atoms with Crippen molar-refractivity contribution in [2.45, 2.75) is 25.3 Å². The van der Waals surface area contributed by atoms with Crippen molar-refractivity contribution in [3.63, 3.8) is 0 Å². The maximum Gasteiger partial charge on any atom is 0.238 e. The van der Waals surface area contributed by atoms with Gasteiger partial charge in [0.2, 0.25) is 5.91 Å². The molecular weight excluding hydrogens is 314 g/mol. The molecule has 1 fully saturated rings. The number of amides is 1. The quantitative estimate of drug-likeness (QED) is 0.751. The summed E-state index contributed by atoms with van der Waals surface area (Å²) in [6, 6.07) is 14.4. The highest BCUT2D eigenvalue weighted by molar-refractivity contribution is 5.92. The normalized spacial score (nSPS) is 14.2. The van der Waals surface area contributed by atoms with Crippen LogP contribution in [0.2, 0.25) is 0 Å². The summed E-state index contributed by atoms with van der Waals surface area (Å²) < 4.78 is 1.99. The molecule has 0 aliphatic heterocycles. The van der Waals surface area contributed by atoms with Crippen molar-refractivity contribution in [3.8, 4) is 0 Å². The third-order valence-electron chi connectivity index (χ3n) is 4.55. The number of nitrogens with zero attached hydrogens (tertiary/aromatic N) is 4. The van der Waals surface area contributed by atoms with Gasteiger partial charge < -0.3 is 5.32 Å². The molecule has 2 aromatic heterocycles. The smallest absolute Gasteiger partial charge is 0.238 e. The van der Waals surface area contributed by atoms with Crippen LogP contribution in [0.1, 0.15) is 24.2 Å². The van der Waals surface area contributed by atoms with Gasteiger partial charge in [0.05, 0.1) is 6.54 Å². The second-order valence-electron chi connectivity index (χ2n) is 6.61. The van der Waals surface area contributed by atoms with Crippen molar-refractivity contribution in [2.75, 3.05) is 18.9 Å². The monoisotopic (exact) mass is 335 g/mol. The Morgan fingerprint density at radius 1 is 1.20 bits per heavy atom. The van der Waals surface area contributed by atoms with Crippen LogP contribution in [0.15, 0.2) is 48.7 Å². The van der Waals surface area contributed by atoms with Crippen LogP contribution >= 0.6 is 0 Å². The average molecular weight is 335 g/mol. The fourth-order valence-corrected chi connectivity index (χ4v) is 2.97. The van der Waals surface area contributed by atoms with Crippen LogP contribution in [0.25, 0.3) is 5.65 Å². The van der Waals surface area contributed by atoms with Crippen LogP contribution < -0.4 is 5.32 Å². The van der Waals surface area contributed by atoms with E-state index in [1.807, 2.05) is 60.1 Å². The number of rotatable bonds is 6. The second-order valence-corrected chi connectivity index (χ2v) is 6.61. The first-order chi connectivity index (χ1) is 12.2. The average Bonchev–Trinajstić information content (AvgIpc) is 3.39. The lowest BCUT2D eigenvalue weighted by molar-refractivity contribution is -0.117. The molecule has 0 saturated heterocycles. The van der Waals surface area contributed by atoms with Gasteiger partial charge >= 0.3 is 0 Å². The molecule has 0 radical (unpaired) electrons. The van der Waals surface area contributed by atoms with Crippen LogP contribution in [0.5, 0.6) is 0 Å². The van der Waals surface area contributed by atoms with E-state index in [1.165, 1.54) is 12.8 Å². The van der Waals surface area contributed by atoms with Gasteiger partial charge in [-0.1, -0.05) is 18.2 Å². The Bertz CT molecular complexity index is 882. The number of pyridine rings is 1. The zero-order valence-corrected chi connectivity index (χ0v) is 14.2. The minimum atomic E-state index is 0.0330. The molecule has 2 heterocycles. The molecule has 1 aliphatic rings. The molecule has 3 aromatic rings. The first-order valence-corrected chi connectivity index (χ1v) is 8.57. The first-order valence-electron chi connectivity index (χ1n) is 8.57. The van der Waals surface area contributed by atoms with E-state index < -0.39 is 0 Å². The van der Waals surface area contributed by atoms with Crippen LogP contribution in [-0.4, -0.2) is 45.0 Å². The minimum absolute atomic E-state index is 0.0330. The number of aromatic nitrogens is 3. The molecule has 1 amide bonds. The topological polar surface area (TPSA) is 62.5 Å². The van der Waals surface area contributed by atoms with E-state index in [2.05, 4.69) is 20.4 Å². The van der Waals surface area contributed by atoms with Crippen molar-refractivity contribution < 1.29 is 4.79 Å². The third kappa shape index (κ3) is 3.69. The molecule has 4 rings (SSSR count). The summed E-state index contributed by atoms with van der Waals surface area (Å²) in [5.74, 6) is 0.934. The van der Waals surface area contributed by atoms with E-state index in [4.69, 9.17) is 0 Å². The predicted octanol–water partition coefficient (Wildman–Crippen LogP) is 2.35. The molecule has 6 nitrogen and oxygen atoms in total. The molecule has 1 N–H and O–H groups in total. The van der Waals surface area contributed by atoms with Gasteiger partial charge in [-0.3, -0.25) is 14.1 Å². The lowest BCUT2D eigenvalue weighted by Crippen LogP contribution is -2.31. The molecule has 0 unspecified atom stereocenters. The molecule has 6 heteroatoms. The van der Waals surface area contributed by atoms with Crippen molar-refractivity contribution in [2.24, 2.45) is 0 Å². The number of anilines is 1. The predicted molar refractivity (Wildman–Crippen MR) is 96.5 cm³/mol. The van der Waals surface area contributed by atoms with Crippen LogP contribution in [-0.2, 0) is 11.2 Å². The van der Waals surface area contributed by atoms with Gasteiger partial charge in [0.25, 0.3) is 0 Å². The van der Waals surface area contributed by atoms with Gasteiger partial charge in [-0.15, -0.1) is 10.2 Å². The molecule has 1 aromatic carbocycles. The fourth-order valence-electron chi connectivity index (χ4n) is 2.97. The molecule has 25 heavy (non-hydrogen) atoms. The van der Waals surface area contributed by atoms with E-state index in [0.717, 1.165) is 22.7 Å². The maximum atomic E-state index is 12.1. The third-order valence-corrected chi connectivity index (χ3v) is 4.55. The molecular formula is C19H21N5O. The van der Waals surface area contributed by atoms with Gasteiger partial charge in [0.1, 0.15) is 5.82 Å². The Morgan fingerprint density at radius 2 is 2.00 bits per heavy atom. The second kappa shape index (κ2) is 6.64. The Hall–Kier alpha value is -2.73. The first kappa shape index (κ1) is 15.8. The highest BCUT2D eigenvalue weighted by atomic mass is 16.2. The molecule has 1 aliphatic carbocycles. The Kier molecular flexibility index (Phi) is 4.19. The standard InChI is InChI=1S/C19H21N5O/c1-23(16-9-10-16)13-19(25)20-15-7-5-14(6-8-15)12-18-22-21-17-4-2-3-11-24(17)18/h2-8,11,16H,9-10,12-13H2,1H3,(H,20,25). The van der Waals surface area contributed by atoms with Crippen LogP contribution in [0, 0.1) is 0 Å². The lowest BCUT2D eigenvalue weighted by atomic mass is 10.1. The Balaban J connectivity index is 1.39. The molecule has 0 atom stereocenters. The zero-order chi connectivity index (χ0) is 17.2. The van der Waals surface area contributed by atoms with E-state index in [-0.39, 0.29) is 5.91 Å². The van der Waals surface area contributed by atoms with Gasteiger partial charge in [0, 0.05) is 24.3 Å². The van der Waals surface area contributed by atoms with Crippen molar-refractivity contribution in [1.82, 2.24) is 19.5 Å². The summed E-state index contributed by atoms with van der Waals surface area (Å²) in [5, 5.41) is 11.4. The van der Waals surface area contributed by atoms with E-state index in [1.54, 1.807) is 0 Å². The van der Waals surface area contributed by atoms with Crippen LogP contribution in [0.3, 0.4) is 0 Å². The Labute approximate surface area is 146 Å². The highest BCUT2D eigenvalue weighted by Crippen LogP contribution is 2.25. The lowest BCUT2D eigenvalue weighted by Gasteiger charge is -2.15. The van der Waals surface area contributed by atoms with E-state index in [0.29, 0.717) is 19.0 Å². The van der Waals surface area contributed by atoms with Crippen molar-refractivity contribution in [1.29, 1.82) is 0 Å². The number of likely N-dealkylation sites (N-methyl/N-ethyl adjacent to an activating group) is 1. The molecule has 0 bridgehead atoms. The number of carbonyl (C=O) groups is 1. The van der Waals surface area contributed by atoms with Gasteiger partial charge in [0.15, 0.2) is 5.65 Å². The summed E-state index contributed by atoms with van der Waals surface area (Å²) in [4.78, 5) is 14.2. The summed E-state index contributed by atoms with van der Waals surface area (Å²) in [5.41, 5.74) is 2.80. The zero-order valence-electron chi connectivity index (χ0n) is 14.2. The maximum absolute atomic E-state index is 12.1. The van der Waals surface area contributed by atoms with Gasteiger partial charge in [-0.25, -0.2) is 0 Å². The number of hydrogen-bond donors (Lipinski definition) is 1. The summed E-state index contributed by atoms with van der Waals surface area (Å²) >= 11 is 0. The van der Waals surface area contributed by atoms with E-state index >= 15 is 0 Å². The summed E-state index contributed by atoms with van der Waals surface area (Å²) in [6.45, 7) is 0.443. The number of nitrogens with one attached hydrogen (secondary N) is 1. The number of fused-ring (bicyclic) bond motifs is 1.